The van der Waals surface area contributed by atoms with Crippen LogP contribution >= 0.6 is 0 Å². The molecule has 0 aliphatic carbocycles. The Kier molecular flexibility index (Phi) is 5.95. The number of rotatable bonds is 5. The standard InChI is InChI=1S/C31H35N7/c1-20(31(2,3)4)33-23-15-22(18-32-19-23)21-9-10-27-25(16-21)30(36-35-27)28-17-24-26(34-28)7-6-8-29(24)38-13-11-37(5)12-14-38/h6-10,15-19,33-34H,1,11-14H2,2-5H3,(H,35,36). The molecule has 0 atom stereocenters. The minimum Gasteiger partial charge on any atom is -0.368 e. The number of H-pyrrole nitrogens is 2. The van der Waals surface area contributed by atoms with Crippen LogP contribution in [0.15, 0.2) is 73.2 Å². The third-order valence-corrected chi connectivity index (χ3v) is 7.58. The highest BCUT2D eigenvalue weighted by Gasteiger charge is 2.19. The van der Waals surface area contributed by atoms with E-state index >= 15 is 0 Å². The van der Waals surface area contributed by atoms with Gasteiger partial charge < -0.3 is 20.1 Å². The molecule has 3 N–H and O–H groups in total. The zero-order chi connectivity index (χ0) is 26.4. The molecule has 5 aromatic rings. The Morgan fingerprint density at radius 2 is 1.74 bits per heavy atom. The Bertz CT molecular complexity index is 1630. The minimum atomic E-state index is -0.0373. The summed E-state index contributed by atoms with van der Waals surface area (Å²) in [6, 6.07) is 17.3. The van der Waals surface area contributed by atoms with Crippen molar-refractivity contribution in [2.75, 3.05) is 43.4 Å². The van der Waals surface area contributed by atoms with Crippen LogP contribution in [0.25, 0.3) is 44.3 Å². The molecule has 194 valence electrons. The minimum absolute atomic E-state index is 0.0373. The van der Waals surface area contributed by atoms with Crippen molar-refractivity contribution in [3.63, 3.8) is 0 Å². The molecule has 4 heterocycles. The molecular weight excluding hydrogens is 470 g/mol. The molecule has 0 bridgehead atoms. The molecule has 1 aliphatic heterocycles. The Morgan fingerprint density at radius 3 is 2.53 bits per heavy atom. The van der Waals surface area contributed by atoms with Gasteiger partial charge >= 0.3 is 0 Å². The molecule has 1 fully saturated rings. The number of fused-ring (bicyclic) bond motifs is 2. The number of allylic oxidation sites excluding steroid dienone is 1. The van der Waals surface area contributed by atoms with E-state index < -0.39 is 0 Å². The molecule has 0 radical (unpaired) electrons. The van der Waals surface area contributed by atoms with Crippen LogP contribution in [0.5, 0.6) is 0 Å². The van der Waals surface area contributed by atoms with Gasteiger partial charge in [-0.25, -0.2) is 0 Å². The summed E-state index contributed by atoms with van der Waals surface area (Å²) in [5.74, 6) is 0. The zero-order valence-corrected chi connectivity index (χ0v) is 22.6. The Hall–Kier alpha value is -4.10. The van der Waals surface area contributed by atoms with Crippen molar-refractivity contribution >= 4 is 33.2 Å². The summed E-state index contributed by atoms with van der Waals surface area (Å²) in [4.78, 5) is 13.0. The van der Waals surface area contributed by atoms with Crippen molar-refractivity contribution in [3.05, 3.63) is 73.2 Å². The maximum atomic E-state index is 4.72. The highest BCUT2D eigenvalue weighted by atomic mass is 15.2. The highest BCUT2D eigenvalue weighted by molar-refractivity contribution is 6.01. The number of anilines is 2. The van der Waals surface area contributed by atoms with Crippen molar-refractivity contribution in [1.29, 1.82) is 0 Å². The second-order valence-corrected chi connectivity index (χ2v) is 11.4. The van der Waals surface area contributed by atoms with Gasteiger partial charge in [-0.3, -0.25) is 10.1 Å². The number of nitrogens with zero attached hydrogens (tertiary/aromatic N) is 4. The third-order valence-electron chi connectivity index (χ3n) is 7.58. The largest absolute Gasteiger partial charge is 0.368 e. The molecule has 0 unspecified atom stereocenters. The monoisotopic (exact) mass is 505 g/mol. The van der Waals surface area contributed by atoms with Gasteiger partial charge in [0.1, 0.15) is 5.69 Å². The average Bonchev–Trinajstić information content (AvgIpc) is 3.52. The summed E-state index contributed by atoms with van der Waals surface area (Å²) in [6.45, 7) is 14.9. The molecular formula is C31H35N7. The molecule has 0 amide bonds. The lowest BCUT2D eigenvalue weighted by molar-refractivity contribution is 0.313. The summed E-state index contributed by atoms with van der Waals surface area (Å²) in [7, 11) is 2.19. The predicted molar refractivity (Wildman–Crippen MR) is 159 cm³/mol. The average molecular weight is 506 g/mol. The summed E-state index contributed by atoms with van der Waals surface area (Å²) >= 11 is 0. The van der Waals surface area contributed by atoms with E-state index in [9.17, 15) is 0 Å². The predicted octanol–water partition coefficient (Wildman–Crippen LogP) is 6.50. The zero-order valence-electron chi connectivity index (χ0n) is 22.6. The number of benzene rings is 2. The number of aromatic nitrogens is 4. The molecule has 0 saturated carbocycles. The first-order chi connectivity index (χ1) is 18.3. The van der Waals surface area contributed by atoms with Gasteiger partial charge in [-0.15, -0.1) is 0 Å². The quantitative estimate of drug-likeness (QED) is 0.254. The third kappa shape index (κ3) is 4.54. The lowest BCUT2D eigenvalue weighted by Crippen LogP contribution is -2.44. The van der Waals surface area contributed by atoms with Crippen LogP contribution in [-0.4, -0.2) is 58.3 Å². The first kappa shape index (κ1) is 24.2. The topological polar surface area (TPSA) is 75.9 Å². The van der Waals surface area contributed by atoms with Crippen LogP contribution in [0.2, 0.25) is 0 Å². The van der Waals surface area contributed by atoms with Gasteiger partial charge in [0.15, 0.2) is 0 Å². The van der Waals surface area contributed by atoms with Gasteiger partial charge in [-0.2, -0.15) is 5.10 Å². The van der Waals surface area contributed by atoms with Gasteiger partial charge in [-0.1, -0.05) is 39.5 Å². The van der Waals surface area contributed by atoms with Crippen LogP contribution < -0.4 is 10.2 Å². The smallest absolute Gasteiger partial charge is 0.116 e. The summed E-state index contributed by atoms with van der Waals surface area (Å²) in [5, 5.41) is 13.7. The van der Waals surface area contributed by atoms with E-state index in [2.05, 4.69) is 113 Å². The number of aromatic amines is 2. The molecule has 6 rings (SSSR count). The number of piperazine rings is 1. The molecule has 3 aromatic heterocycles. The van der Waals surface area contributed by atoms with Crippen LogP contribution in [0.4, 0.5) is 11.4 Å². The van der Waals surface area contributed by atoms with E-state index in [0.29, 0.717) is 0 Å². The Labute approximate surface area is 223 Å². The van der Waals surface area contributed by atoms with Crippen LogP contribution in [0, 0.1) is 5.41 Å². The number of pyridine rings is 1. The maximum Gasteiger partial charge on any atom is 0.116 e. The number of hydrogen-bond acceptors (Lipinski definition) is 5. The van der Waals surface area contributed by atoms with Crippen LogP contribution in [-0.2, 0) is 0 Å². The SMILES string of the molecule is C=C(Nc1cncc(-c2ccc3[nH]nc(-c4cc5c(N6CCN(C)CC6)cccc5[nH]4)c3c2)c1)C(C)(C)C. The van der Waals surface area contributed by atoms with E-state index in [0.717, 1.165) is 76.5 Å². The molecule has 0 spiro atoms. The van der Waals surface area contributed by atoms with Crippen molar-refractivity contribution in [3.8, 4) is 22.5 Å². The molecule has 2 aromatic carbocycles. The molecule has 1 aliphatic rings. The van der Waals surface area contributed by atoms with Gasteiger partial charge in [-0.05, 0) is 49.0 Å². The molecule has 38 heavy (non-hydrogen) atoms. The number of likely N-dealkylation sites (N-methyl/N-ethyl adjacent to an activating group) is 1. The summed E-state index contributed by atoms with van der Waals surface area (Å²) < 4.78 is 0. The van der Waals surface area contributed by atoms with Crippen LogP contribution in [0.3, 0.4) is 0 Å². The summed E-state index contributed by atoms with van der Waals surface area (Å²) in [5.41, 5.74) is 9.34. The van der Waals surface area contributed by atoms with Crippen molar-refractivity contribution in [1.82, 2.24) is 25.1 Å². The first-order valence-electron chi connectivity index (χ1n) is 13.2. The van der Waals surface area contributed by atoms with Gasteiger partial charge in [0.05, 0.1) is 23.1 Å². The molecule has 7 nitrogen and oxygen atoms in total. The fourth-order valence-corrected chi connectivity index (χ4v) is 5.02. The van der Waals surface area contributed by atoms with Crippen LogP contribution in [0.1, 0.15) is 20.8 Å². The normalized spacial score (nSPS) is 14.9. The highest BCUT2D eigenvalue weighted by Crippen LogP contribution is 2.35. The van der Waals surface area contributed by atoms with Crippen molar-refractivity contribution in [2.24, 2.45) is 5.41 Å². The fourth-order valence-electron chi connectivity index (χ4n) is 5.02. The number of hydrogen-bond donors (Lipinski definition) is 3. The Morgan fingerprint density at radius 1 is 0.921 bits per heavy atom. The van der Waals surface area contributed by atoms with Crippen molar-refractivity contribution in [2.45, 2.75) is 20.8 Å². The van der Waals surface area contributed by atoms with E-state index in [1.165, 1.54) is 11.1 Å². The molecule has 1 saturated heterocycles. The summed E-state index contributed by atoms with van der Waals surface area (Å²) in [6.07, 6.45) is 3.74. The number of nitrogens with one attached hydrogen (secondary N) is 3. The lowest BCUT2D eigenvalue weighted by Gasteiger charge is -2.34. The van der Waals surface area contributed by atoms with E-state index in [-0.39, 0.29) is 5.41 Å². The van der Waals surface area contributed by atoms with Gasteiger partial charge in [0, 0.05) is 71.0 Å². The maximum absolute atomic E-state index is 4.72. The Balaban J connectivity index is 1.35. The van der Waals surface area contributed by atoms with Gasteiger partial charge in [0.2, 0.25) is 0 Å². The first-order valence-corrected chi connectivity index (χ1v) is 13.2. The van der Waals surface area contributed by atoms with Gasteiger partial charge in [0.25, 0.3) is 0 Å². The second-order valence-electron chi connectivity index (χ2n) is 11.4. The van der Waals surface area contributed by atoms with E-state index in [1.54, 1.807) is 0 Å². The van der Waals surface area contributed by atoms with E-state index in [1.807, 2.05) is 12.4 Å². The lowest BCUT2D eigenvalue weighted by atomic mass is 9.93. The van der Waals surface area contributed by atoms with Crippen molar-refractivity contribution < 1.29 is 0 Å². The molecule has 7 heteroatoms. The van der Waals surface area contributed by atoms with E-state index in [4.69, 9.17) is 5.10 Å². The fraction of sp³-hybridized carbons (Fsp3) is 0.290. The second kappa shape index (κ2) is 9.33.